The Morgan fingerprint density at radius 1 is 1.38 bits per heavy atom. The molecule has 0 heterocycles. The van der Waals surface area contributed by atoms with E-state index in [1.54, 1.807) is 0 Å². The number of nitrogens with one attached hydrogen (secondary N) is 1. The van der Waals surface area contributed by atoms with Crippen LogP contribution in [0.25, 0.3) is 0 Å². The van der Waals surface area contributed by atoms with Crippen LogP contribution in [0.5, 0.6) is 0 Å². The van der Waals surface area contributed by atoms with E-state index in [9.17, 15) is 8.42 Å². The van der Waals surface area contributed by atoms with E-state index in [1.165, 1.54) is 19.1 Å². The van der Waals surface area contributed by atoms with Gasteiger partial charge in [-0.1, -0.05) is 6.42 Å². The van der Waals surface area contributed by atoms with Gasteiger partial charge in [0.05, 0.1) is 4.75 Å². The SMILES string of the molecule is CS(=O)(=O)C1(CNC2CC2)CCC1. The Balaban J connectivity index is 1.97. The molecule has 0 radical (unpaired) electrons. The molecule has 2 aliphatic carbocycles. The molecule has 0 atom stereocenters. The zero-order chi connectivity index (χ0) is 9.53. The van der Waals surface area contributed by atoms with Crippen molar-refractivity contribution in [1.82, 2.24) is 5.32 Å². The van der Waals surface area contributed by atoms with Gasteiger partial charge < -0.3 is 5.32 Å². The highest BCUT2D eigenvalue weighted by Gasteiger charge is 2.46. The van der Waals surface area contributed by atoms with Crippen LogP contribution < -0.4 is 5.32 Å². The minimum Gasteiger partial charge on any atom is -0.312 e. The smallest absolute Gasteiger partial charge is 0.154 e. The molecule has 2 fully saturated rings. The molecule has 0 bridgehead atoms. The lowest BCUT2D eigenvalue weighted by atomic mass is 9.84. The largest absolute Gasteiger partial charge is 0.312 e. The maximum absolute atomic E-state index is 11.5. The van der Waals surface area contributed by atoms with E-state index in [2.05, 4.69) is 5.32 Å². The Bertz CT molecular complexity index is 289. The van der Waals surface area contributed by atoms with Gasteiger partial charge in [0, 0.05) is 18.8 Å². The third-order valence-corrected chi connectivity index (χ3v) is 5.47. The summed E-state index contributed by atoms with van der Waals surface area (Å²) in [4.78, 5) is 0. The van der Waals surface area contributed by atoms with Crippen molar-refractivity contribution in [3.63, 3.8) is 0 Å². The molecule has 0 spiro atoms. The minimum atomic E-state index is -2.86. The third kappa shape index (κ3) is 1.74. The fourth-order valence-corrected chi connectivity index (χ4v) is 3.24. The highest BCUT2D eigenvalue weighted by molar-refractivity contribution is 7.92. The predicted octanol–water partition coefficient (Wildman–Crippen LogP) is 0.706. The fraction of sp³-hybridized carbons (Fsp3) is 1.00. The van der Waals surface area contributed by atoms with Crippen molar-refractivity contribution in [2.24, 2.45) is 0 Å². The van der Waals surface area contributed by atoms with Crippen LogP contribution in [0.15, 0.2) is 0 Å². The molecule has 0 saturated heterocycles. The highest BCUT2D eigenvalue weighted by atomic mass is 32.2. The molecule has 1 N–H and O–H groups in total. The van der Waals surface area contributed by atoms with Gasteiger partial charge in [0.1, 0.15) is 0 Å². The third-order valence-electron chi connectivity index (χ3n) is 3.34. The molecular formula is C9H17NO2S. The Labute approximate surface area is 79.8 Å². The second-order valence-electron chi connectivity index (χ2n) is 4.46. The maximum atomic E-state index is 11.5. The molecule has 0 aliphatic heterocycles. The monoisotopic (exact) mass is 203 g/mol. The highest BCUT2D eigenvalue weighted by Crippen LogP contribution is 2.39. The molecule has 13 heavy (non-hydrogen) atoms. The van der Waals surface area contributed by atoms with Crippen molar-refractivity contribution in [3.8, 4) is 0 Å². The molecule has 2 saturated carbocycles. The van der Waals surface area contributed by atoms with E-state index in [4.69, 9.17) is 0 Å². The van der Waals surface area contributed by atoms with Crippen molar-refractivity contribution >= 4 is 9.84 Å². The van der Waals surface area contributed by atoms with E-state index in [0.29, 0.717) is 12.6 Å². The van der Waals surface area contributed by atoms with E-state index in [-0.39, 0.29) is 0 Å². The first-order valence-electron chi connectivity index (χ1n) is 4.97. The maximum Gasteiger partial charge on any atom is 0.154 e. The van der Waals surface area contributed by atoms with E-state index >= 15 is 0 Å². The summed E-state index contributed by atoms with van der Waals surface area (Å²) in [6.45, 7) is 0.677. The minimum absolute atomic E-state index is 0.407. The molecule has 3 nitrogen and oxygen atoms in total. The second-order valence-corrected chi connectivity index (χ2v) is 6.87. The Morgan fingerprint density at radius 2 is 2.00 bits per heavy atom. The average molecular weight is 203 g/mol. The first-order chi connectivity index (χ1) is 6.04. The van der Waals surface area contributed by atoms with Gasteiger partial charge in [-0.2, -0.15) is 0 Å². The van der Waals surface area contributed by atoms with Crippen LogP contribution in [0.3, 0.4) is 0 Å². The molecule has 0 aromatic heterocycles. The van der Waals surface area contributed by atoms with Gasteiger partial charge in [0.25, 0.3) is 0 Å². The zero-order valence-corrected chi connectivity index (χ0v) is 8.86. The summed E-state index contributed by atoms with van der Waals surface area (Å²) in [5.41, 5.74) is 0. The summed E-state index contributed by atoms with van der Waals surface area (Å²) in [7, 11) is -2.86. The van der Waals surface area contributed by atoms with Crippen LogP contribution in [-0.4, -0.2) is 32.0 Å². The van der Waals surface area contributed by atoms with Crippen LogP contribution in [0, 0.1) is 0 Å². The quantitative estimate of drug-likeness (QED) is 0.732. The molecule has 0 aromatic carbocycles. The van der Waals surface area contributed by atoms with E-state index in [1.807, 2.05) is 0 Å². The van der Waals surface area contributed by atoms with Crippen LogP contribution in [0.4, 0.5) is 0 Å². The summed E-state index contributed by atoms with van der Waals surface area (Å²) < 4.78 is 22.6. The van der Waals surface area contributed by atoms with Crippen LogP contribution in [0.1, 0.15) is 32.1 Å². The number of rotatable bonds is 4. The molecule has 4 heteroatoms. The Morgan fingerprint density at radius 3 is 2.31 bits per heavy atom. The first-order valence-corrected chi connectivity index (χ1v) is 6.86. The molecule has 2 rings (SSSR count). The van der Waals surface area contributed by atoms with E-state index < -0.39 is 14.6 Å². The molecule has 76 valence electrons. The Kier molecular flexibility index (Phi) is 2.15. The van der Waals surface area contributed by atoms with Crippen LogP contribution in [-0.2, 0) is 9.84 Å². The van der Waals surface area contributed by atoms with Gasteiger partial charge in [0.2, 0.25) is 0 Å². The van der Waals surface area contributed by atoms with Crippen LogP contribution in [0.2, 0.25) is 0 Å². The van der Waals surface area contributed by atoms with Crippen molar-refractivity contribution in [2.75, 3.05) is 12.8 Å². The fourth-order valence-electron chi connectivity index (χ4n) is 1.87. The number of sulfone groups is 1. The predicted molar refractivity (Wildman–Crippen MR) is 52.5 cm³/mol. The topological polar surface area (TPSA) is 46.2 Å². The summed E-state index contributed by atoms with van der Waals surface area (Å²) in [6, 6.07) is 0.610. The van der Waals surface area contributed by atoms with Gasteiger partial charge in [-0.25, -0.2) is 8.42 Å². The molecule has 0 unspecified atom stereocenters. The van der Waals surface area contributed by atoms with Crippen LogP contribution >= 0.6 is 0 Å². The molecular weight excluding hydrogens is 186 g/mol. The van der Waals surface area contributed by atoms with Gasteiger partial charge in [-0.15, -0.1) is 0 Å². The van der Waals surface area contributed by atoms with Crippen molar-refractivity contribution in [3.05, 3.63) is 0 Å². The summed E-state index contributed by atoms with van der Waals surface area (Å²) >= 11 is 0. The normalized spacial score (nSPS) is 26.8. The van der Waals surface area contributed by atoms with Crippen molar-refractivity contribution in [1.29, 1.82) is 0 Å². The average Bonchev–Trinajstić information content (AvgIpc) is 2.64. The summed E-state index contributed by atoms with van der Waals surface area (Å²) in [6.07, 6.45) is 6.59. The number of hydrogen-bond donors (Lipinski definition) is 1. The number of hydrogen-bond acceptors (Lipinski definition) is 3. The zero-order valence-electron chi connectivity index (χ0n) is 8.04. The Hall–Kier alpha value is -0.0900. The van der Waals surface area contributed by atoms with Crippen molar-refractivity contribution in [2.45, 2.75) is 42.9 Å². The molecule has 0 aromatic rings. The van der Waals surface area contributed by atoms with Gasteiger partial charge in [0.15, 0.2) is 9.84 Å². The lowest BCUT2D eigenvalue weighted by Gasteiger charge is -2.40. The standard InChI is InChI=1S/C9H17NO2S/c1-13(11,12)9(5-2-6-9)7-10-8-3-4-8/h8,10H,2-7H2,1H3. The van der Waals surface area contributed by atoms with E-state index in [0.717, 1.165) is 19.3 Å². The molecule has 2 aliphatic rings. The van der Waals surface area contributed by atoms with Crippen molar-refractivity contribution < 1.29 is 8.42 Å². The summed E-state index contributed by atoms with van der Waals surface area (Å²) in [5.74, 6) is 0. The lowest BCUT2D eigenvalue weighted by molar-refractivity contribution is 0.323. The summed E-state index contributed by atoms with van der Waals surface area (Å²) in [5, 5.41) is 3.33. The van der Waals surface area contributed by atoms with Gasteiger partial charge in [-0.05, 0) is 25.7 Å². The van der Waals surface area contributed by atoms with Gasteiger partial charge >= 0.3 is 0 Å². The second kappa shape index (κ2) is 2.95. The van der Waals surface area contributed by atoms with Gasteiger partial charge in [-0.3, -0.25) is 0 Å². The lowest BCUT2D eigenvalue weighted by Crippen LogP contribution is -2.52. The molecule has 0 amide bonds. The first kappa shape index (κ1) is 9.46.